The molecular formula is C12H15NO6. The van der Waals surface area contributed by atoms with Crippen molar-refractivity contribution in [1.82, 2.24) is 0 Å². The van der Waals surface area contributed by atoms with Gasteiger partial charge in [-0.05, 0) is 24.1 Å². The monoisotopic (exact) mass is 269 g/mol. The summed E-state index contributed by atoms with van der Waals surface area (Å²) in [6, 6.07) is 5.49. The molecular weight excluding hydrogens is 254 g/mol. The van der Waals surface area contributed by atoms with E-state index in [0.29, 0.717) is 12.2 Å². The Bertz CT molecular complexity index is 460. The highest BCUT2D eigenvalue weighted by atomic mass is 16.7. The third-order valence-corrected chi connectivity index (χ3v) is 2.27. The highest BCUT2D eigenvalue weighted by molar-refractivity contribution is 5.67. The number of rotatable bonds is 3. The summed E-state index contributed by atoms with van der Waals surface area (Å²) in [6.45, 7) is 0.248. The number of nitrogens with two attached hydrogens (primary N) is 1. The van der Waals surface area contributed by atoms with E-state index in [0.717, 1.165) is 11.3 Å². The maximum atomic E-state index is 10.4. The van der Waals surface area contributed by atoms with E-state index in [1.54, 1.807) is 6.07 Å². The van der Waals surface area contributed by atoms with E-state index in [-0.39, 0.29) is 13.2 Å². The Kier molecular flexibility index (Phi) is 5.46. The fourth-order valence-corrected chi connectivity index (χ4v) is 1.35. The van der Waals surface area contributed by atoms with E-state index in [4.69, 9.17) is 14.6 Å². The van der Waals surface area contributed by atoms with Crippen LogP contribution in [0, 0.1) is 0 Å². The molecule has 1 aromatic rings. The van der Waals surface area contributed by atoms with E-state index >= 15 is 0 Å². The van der Waals surface area contributed by atoms with Gasteiger partial charge in [-0.15, -0.1) is 0 Å². The molecule has 0 atom stereocenters. The lowest BCUT2D eigenvalue weighted by Gasteiger charge is -2.00. The Morgan fingerprint density at radius 3 is 2.58 bits per heavy atom. The lowest BCUT2D eigenvalue weighted by Crippen LogP contribution is -2.08. The molecule has 1 aromatic carbocycles. The number of carboxylic acid groups (broad SMARTS) is 1. The maximum Gasteiger partial charge on any atom is 0.404 e. The number of carboxylic acids is 1. The van der Waals surface area contributed by atoms with Gasteiger partial charge in [0.25, 0.3) is 0 Å². The molecule has 2 rings (SSSR count). The van der Waals surface area contributed by atoms with Crippen molar-refractivity contribution >= 4 is 12.1 Å². The van der Waals surface area contributed by atoms with Gasteiger partial charge in [-0.3, -0.25) is 4.79 Å². The normalized spacial score (nSPS) is 11.2. The third-order valence-electron chi connectivity index (χ3n) is 2.27. The second-order valence-electron chi connectivity index (χ2n) is 3.60. The minimum atomic E-state index is -0.789. The van der Waals surface area contributed by atoms with Crippen molar-refractivity contribution in [2.24, 2.45) is 5.73 Å². The van der Waals surface area contributed by atoms with Crippen molar-refractivity contribution in [3.63, 3.8) is 0 Å². The van der Waals surface area contributed by atoms with Crippen LogP contribution in [-0.4, -0.2) is 31.1 Å². The molecule has 1 heterocycles. The van der Waals surface area contributed by atoms with Crippen LogP contribution in [0.4, 0.5) is 4.79 Å². The molecule has 0 aromatic heterocycles. The molecule has 0 bridgehead atoms. The van der Waals surface area contributed by atoms with Crippen LogP contribution in [0.2, 0.25) is 0 Å². The van der Waals surface area contributed by atoms with Crippen molar-refractivity contribution < 1.29 is 28.9 Å². The second kappa shape index (κ2) is 7.10. The van der Waals surface area contributed by atoms with Crippen molar-refractivity contribution in [2.45, 2.75) is 12.8 Å². The molecule has 0 unspecified atom stereocenters. The molecule has 0 spiro atoms. The zero-order valence-corrected chi connectivity index (χ0v) is 10.4. The van der Waals surface area contributed by atoms with Crippen molar-refractivity contribution in [3.05, 3.63) is 23.8 Å². The first kappa shape index (κ1) is 14.6. The van der Waals surface area contributed by atoms with E-state index in [1.807, 2.05) is 12.1 Å². The van der Waals surface area contributed by atoms with Crippen LogP contribution >= 0.6 is 0 Å². The number of hydrogen-bond acceptors (Lipinski definition) is 5. The Balaban J connectivity index is 0.000000312. The number of amides is 1. The summed E-state index contributed by atoms with van der Waals surface area (Å²) in [7, 11) is 1.22. The van der Waals surface area contributed by atoms with Crippen molar-refractivity contribution in [2.75, 3.05) is 13.9 Å². The molecule has 1 aliphatic heterocycles. The SMILES string of the molecule is COC(N)=O.O=C(O)CCc1ccc2c(c1)OCO2. The van der Waals surface area contributed by atoms with Gasteiger partial charge in [0, 0.05) is 6.42 Å². The molecule has 0 radical (unpaired) electrons. The lowest BCUT2D eigenvalue weighted by molar-refractivity contribution is -0.136. The molecule has 19 heavy (non-hydrogen) atoms. The van der Waals surface area contributed by atoms with Gasteiger partial charge in [0.2, 0.25) is 6.79 Å². The van der Waals surface area contributed by atoms with Crippen LogP contribution in [0.1, 0.15) is 12.0 Å². The van der Waals surface area contributed by atoms with Crippen LogP contribution in [0.15, 0.2) is 18.2 Å². The predicted molar refractivity (Wildman–Crippen MR) is 65.1 cm³/mol. The first-order valence-corrected chi connectivity index (χ1v) is 5.46. The highest BCUT2D eigenvalue weighted by Gasteiger charge is 2.13. The summed E-state index contributed by atoms with van der Waals surface area (Å²) in [5.74, 6) is 0.639. The quantitative estimate of drug-likeness (QED) is 0.851. The Morgan fingerprint density at radius 1 is 1.37 bits per heavy atom. The molecule has 104 valence electrons. The first-order valence-electron chi connectivity index (χ1n) is 5.46. The minimum absolute atomic E-state index is 0.139. The first-order chi connectivity index (χ1) is 9.02. The van der Waals surface area contributed by atoms with Crippen LogP contribution in [0.25, 0.3) is 0 Å². The van der Waals surface area contributed by atoms with Gasteiger partial charge in [0.15, 0.2) is 11.5 Å². The number of benzene rings is 1. The van der Waals surface area contributed by atoms with Gasteiger partial charge in [-0.1, -0.05) is 6.07 Å². The second-order valence-corrected chi connectivity index (χ2v) is 3.60. The summed E-state index contributed by atoms with van der Waals surface area (Å²) in [6.07, 6.45) is -0.0870. The molecule has 1 aliphatic rings. The van der Waals surface area contributed by atoms with E-state index in [9.17, 15) is 9.59 Å². The zero-order valence-electron chi connectivity index (χ0n) is 10.4. The number of hydrogen-bond donors (Lipinski definition) is 2. The molecule has 0 saturated carbocycles. The molecule has 3 N–H and O–H groups in total. The van der Waals surface area contributed by atoms with Crippen molar-refractivity contribution in [3.8, 4) is 11.5 Å². The molecule has 7 heteroatoms. The van der Waals surface area contributed by atoms with Crippen LogP contribution in [0.3, 0.4) is 0 Å². The third kappa shape index (κ3) is 5.15. The molecule has 0 saturated heterocycles. The number of fused-ring (bicyclic) bond motifs is 1. The largest absolute Gasteiger partial charge is 0.481 e. The number of ether oxygens (including phenoxy) is 3. The number of aryl methyl sites for hydroxylation is 1. The lowest BCUT2D eigenvalue weighted by atomic mass is 10.1. The maximum absolute atomic E-state index is 10.4. The van der Waals surface area contributed by atoms with E-state index < -0.39 is 12.1 Å². The molecule has 1 amide bonds. The Morgan fingerprint density at radius 2 is 2.00 bits per heavy atom. The molecule has 7 nitrogen and oxygen atoms in total. The average Bonchev–Trinajstić information content (AvgIpc) is 2.84. The van der Waals surface area contributed by atoms with Crippen LogP contribution in [-0.2, 0) is 16.0 Å². The smallest absolute Gasteiger partial charge is 0.404 e. The van der Waals surface area contributed by atoms with Gasteiger partial charge in [0.1, 0.15) is 0 Å². The standard InChI is InChI=1S/C10H10O4.C2H5NO2/c11-10(12)4-2-7-1-3-8-9(5-7)14-6-13-8;1-5-2(3)4/h1,3,5H,2,4,6H2,(H,11,12);1H3,(H2,3,4). The topological polar surface area (TPSA) is 108 Å². The highest BCUT2D eigenvalue weighted by Crippen LogP contribution is 2.32. The van der Waals surface area contributed by atoms with Gasteiger partial charge in [-0.2, -0.15) is 0 Å². The van der Waals surface area contributed by atoms with Gasteiger partial charge < -0.3 is 25.1 Å². The number of methoxy groups -OCH3 is 1. The summed E-state index contributed by atoms with van der Waals surface area (Å²) in [4.78, 5) is 19.7. The zero-order chi connectivity index (χ0) is 14.3. The van der Waals surface area contributed by atoms with Crippen molar-refractivity contribution in [1.29, 1.82) is 0 Å². The molecule has 0 aliphatic carbocycles. The fourth-order valence-electron chi connectivity index (χ4n) is 1.35. The Hall–Kier alpha value is -2.44. The summed E-state index contributed by atoms with van der Waals surface area (Å²) < 4.78 is 14.2. The molecule has 0 fully saturated rings. The summed E-state index contributed by atoms with van der Waals surface area (Å²) >= 11 is 0. The average molecular weight is 269 g/mol. The van der Waals surface area contributed by atoms with Gasteiger partial charge in [-0.25, -0.2) is 4.79 Å². The van der Waals surface area contributed by atoms with Gasteiger partial charge >= 0.3 is 12.1 Å². The number of primary amides is 1. The summed E-state index contributed by atoms with van der Waals surface area (Å²) in [5.41, 5.74) is 5.39. The summed E-state index contributed by atoms with van der Waals surface area (Å²) in [5, 5.41) is 8.51. The van der Waals surface area contributed by atoms with Crippen LogP contribution in [0.5, 0.6) is 11.5 Å². The number of carbonyl (C=O) groups is 2. The number of aliphatic carboxylic acids is 1. The Labute approximate surface area is 109 Å². The fraction of sp³-hybridized carbons (Fsp3) is 0.333. The number of carbonyl (C=O) groups excluding carboxylic acids is 1. The minimum Gasteiger partial charge on any atom is -0.481 e. The van der Waals surface area contributed by atoms with Crippen LogP contribution < -0.4 is 15.2 Å². The predicted octanol–water partition coefficient (Wildman–Crippen LogP) is 1.14. The van der Waals surface area contributed by atoms with Gasteiger partial charge in [0.05, 0.1) is 7.11 Å². The van der Waals surface area contributed by atoms with E-state index in [2.05, 4.69) is 10.5 Å². The van der Waals surface area contributed by atoms with E-state index in [1.165, 1.54) is 7.11 Å².